The van der Waals surface area contributed by atoms with Gasteiger partial charge in [-0.05, 0) is 32.0 Å². The molecule has 1 heterocycles. The number of hydrogen-bond acceptors (Lipinski definition) is 4. The molecule has 1 aromatic heterocycles. The third-order valence-corrected chi connectivity index (χ3v) is 3.39. The van der Waals surface area contributed by atoms with Crippen molar-refractivity contribution in [3.05, 3.63) is 29.6 Å². The quantitative estimate of drug-likeness (QED) is 0.771. The summed E-state index contributed by atoms with van der Waals surface area (Å²) in [5.74, 6) is -0.138. The second-order valence-corrected chi connectivity index (χ2v) is 4.75. The topological polar surface area (TPSA) is 71.2 Å². The highest BCUT2D eigenvalue weighted by molar-refractivity contribution is 5.92. The molecule has 0 aromatic carbocycles. The molecule has 0 aliphatic heterocycles. The van der Waals surface area contributed by atoms with Crippen LogP contribution in [-0.2, 0) is 6.54 Å². The minimum absolute atomic E-state index is 0.138. The molecule has 3 N–H and O–H groups in total. The summed E-state index contributed by atoms with van der Waals surface area (Å²) in [4.78, 5) is 18.2. The van der Waals surface area contributed by atoms with E-state index in [0.717, 1.165) is 18.5 Å². The molecule has 0 aliphatic carbocycles. The largest absolute Gasteiger partial charge is 0.349 e. The Morgan fingerprint density at radius 1 is 1.53 bits per heavy atom. The monoisotopic (exact) mass is 264 g/mol. The van der Waals surface area contributed by atoms with Crippen molar-refractivity contribution in [2.24, 2.45) is 5.73 Å². The molecule has 0 saturated heterocycles. The number of nitrogens with two attached hydrogens (primary N) is 1. The Morgan fingerprint density at radius 2 is 2.26 bits per heavy atom. The van der Waals surface area contributed by atoms with Crippen LogP contribution in [0.3, 0.4) is 0 Å². The van der Waals surface area contributed by atoms with Crippen LogP contribution in [0, 0.1) is 0 Å². The van der Waals surface area contributed by atoms with Gasteiger partial charge in [0.05, 0.1) is 0 Å². The fourth-order valence-corrected chi connectivity index (χ4v) is 1.65. The van der Waals surface area contributed by atoms with Crippen molar-refractivity contribution >= 4 is 5.91 Å². The summed E-state index contributed by atoms with van der Waals surface area (Å²) >= 11 is 0. The van der Waals surface area contributed by atoms with Crippen molar-refractivity contribution in [3.63, 3.8) is 0 Å². The molecule has 1 amide bonds. The number of pyridine rings is 1. The second-order valence-electron chi connectivity index (χ2n) is 4.75. The van der Waals surface area contributed by atoms with Crippen molar-refractivity contribution in [1.29, 1.82) is 0 Å². The number of likely N-dealkylation sites (N-methyl/N-ethyl adjacent to an activating group) is 1. The zero-order chi connectivity index (χ0) is 14.3. The van der Waals surface area contributed by atoms with Gasteiger partial charge in [0.2, 0.25) is 0 Å². The fourth-order valence-electron chi connectivity index (χ4n) is 1.65. The van der Waals surface area contributed by atoms with Crippen LogP contribution in [0.4, 0.5) is 0 Å². The van der Waals surface area contributed by atoms with Crippen molar-refractivity contribution in [2.45, 2.75) is 32.9 Å². The van der Waals surface area contributed by atoms with Crippen LogP contribution in [0.2, 0.25) is 0 Å². The highest BCUT2D eigenvalue weighted by atomic mass is 16.1. The van der Waals surface area contributed by atoms with E-state index in [0.29, 0.717) is 24.8 Å². The van der Waals surface area contributed by atoms with Crippen molar-refractivity contribution in [2.75, 3.05) is 20.1 Å². The molecule has 0 saturated carbocycles. The molecular weight excluding hydrogens is 240 g/mol. The van der Waals surface area contributed by atoms with E-state index in [1.807, 2.05) is 6.07 Å². The average Bonchev–Trinajstić information content (AvgIpc) is 2.46. The van der Waals surface area contributed by atoms with Crippen LogP contribution in [0.1, 0.15) is 36.3 Å². The SMILES string of the molecule is CCC(C)N(C)CCNC(=O)c1ccc(CN)cn1. The molecule has 1 rings (SSSR count). The first kappa shape index (κ1) is 15.6. The van der Waals surface area contributed by atoms with E-state index < -0.39 is 0 Å². The van der Waals surface area contributed by atoms with Crippen LogP contribution in [0.15, 0.2) is 18.3 Å². The third kappa shape index (κ3) is 4.96. The summed E-state index contributed by atoms with van der Waals surface area (Å²) in [6.07, 6.45) is 2.74. The number of nitrogens with one attached hydrogen (secondary N) is 1. The Morgan fingerprint density at radius 3 is 2.79 bits per heavy atom. The van der Waals surface area contributed by atoms with Gasteiger partial charge in [0.1, 0.15) is 5.69 Å². The molecule has 19 heavy (non-hydrogen) atoms. The fraction of sp³-hybridized carbons (Fsp3) is 0.571. The molecular formula is C14H24N4O. The Kier molecular flexibility index (Phi) is 6.45. The highest BCUT2D eigenvalue weighted by Gasteiger charge is 2.09. The molecule has 106 valence electrons. The molecule has 0 fully saturated rings. The summed E-state index contributed by atoms with van der Waals surface area (Å²) in [6, 6.07) is 4.06. The maximum absolute atomic E-state index is 11.8. The molecule has 1 atom stereocenters. The number of amides is 1. The number of carbonyl (C=O) groups excluding carboxylic acids is 1. The molecule has 1 unspecified atom stereocenters. The highest BCUT2D eigenvalue weighted by Crippen LogP contribution is 2.00. The summed E-state index contributed by atoms with van der Waals surface area (Å²) in [5, 5.41) is 2.87. The summed E-state index contributed by atoms with van der Waals surface area (Å²) in [6.45, 7) is 6.23. The predicted molar refractivity (Wildman–Crippen MR) is 76.8 cm³/mol. The Bertz CT molecular complexity index is 391. The lowest BCUT2D eigenvalue weighted by Crippen LogP contribution is -2.37. The number of nitrogens with zero attached hydrogens (tertiary/aromatic N) is 2. The first-order valence-corrected chi connectivity index (χ1v) is 6.71. The van der Waals surface area contributed by atoms with Gasteiger partial charge in [-0.1, -0.05) is 13.0 Å². The molecule has 0 bridgehead atoms. The van der Waals surface area contributed by atoms with E-state index in [9.17, 15) is 4.79 Å². The number of hydrogen-bond donors (Lipinski definition) is 2. The molecule has 0 spiro atoms. The standard InChI is InChI=1S/C14H24N4O/c1-4-11(2)18(3)8-7-16-14(19)13-6-5-12(9-15)10-17-13/h5-6,10-11H,4,7-9,15H2,1-3H3,(H,16,19). The Hall–Kier alpha value is -1.46. The second kappa shape index (κ2) is 7.86. The first-order valence-electron chi connectivity index (χ1n) is 6.71. The lowest BCUT2D eigenvalue weighted by atomic mass is 10.2. The van der Waals surface area contributed by atoms with Gasteiger partial charge >= 0.3 is 0 Å². The van der Waals surface area contributed by atoms with Gasteiger partial charge in [-0.25, -0.2) is 0 Å². The van der Waals surface area contributed by atoms with Gasteiger partial charge in [0.25, 0.3) is 5.91 Å². The smallest absolute Gasteiger partial charge is 0.269 e. The predicted octanol–water partition coefficient (Wildman–Crippen LogP) is 1.00. The normalized spacial score (nSPS) is 12.5. The van der Waals surface area contributed by atoms with E-state index in [4.69, 9.17) is 5.73 Å². The van der Waals surface area contributed by atoms with Gasteiger partial charge < -0.3 is 16.0 Å². The zero-order valence-corrected chi connectivity index (χ0v) is 12.0. The molecule has 5 heteroatoms. The van der Waals surface area contributed by atoms with Crippen molar-refractivity contribution < 1.29 is 4.79 Å². The maximum Gasteiger partial charge on any atom is 0.269 e. The molecule has 5 nitrogen and oxygen atoms in total. The Balaban J connectivity index is 2.38. The first-order chi connectivity index (χ1) is 9.08. The number of carbonyl (C=O) groups is 1. The molecule has 0 aliphatic rings. The van der Waals surface area contributed by atoms with Crippen LogP contribution in [-0.4, -0.2) is 42.0 Å². The van der Waals surface area contributed by atoms with Gasteiger partial charge in [-0.15, -0.1) is 0 Å². The average molecular weight is 264 g/mol. The zero-order valence-electron chi connectivity index (χ0n) is 12.0. The van der Waals surface area contributed by atoms with Crippen molar-refractivity contribution in [1.82, 2.24) is 15.2 Å². The van der Waals surface area contributed by atoms with Crippen LogP contribution < -0.4 is 11.1 Å². The van der Waals surface area contributed by atoms with E-state index in [2.05, 4.69) is 36.1 Å². The minimum atomic E-state index is -0.138. The third-order valence-electron chi connectivity index (χ3n) is 3.39. The van der Waals surface area contributed by atoms with E-state index in [-0.39, 0.29) is 5.91 Å². The lowest BCUT2D eigenvalue weighted by molar-refractivity contribution is 0.0942. The van der Waals surface area contributed by atoms with Crippen LogP contribution in [0.25, 0.3) is 0 Å². The van der Waals surface area contributed by atoms with E-state index >= 15 is 0 Å². The van der Waals surface area contributed by atoms with Crippen LogP contribution in [0.5, 0.6) is 0 Å². The lowest BCUT2D eigenvalue weighted by Gasteiger charge is -2.23. The Labute approximate surface area is 115 Å². The van der Waals surface area contributed by atoms with Crippen molar-refractivity contribution in [3.8, 4) is 0 Å². The number of aromatic nitrogens is 1. The summed E-state index contributed by atoms with van der Waals surface area (Å²) in [5.41, 5.74) is 6.84. The summed E-state index contributed by atoms with van der Waals surface area (Å²) in [7, 11) is 2.06. The minimum Gasteiger partial charge on any atom is -0.349 e. The van der Waals surface area contributed by atoms with Gasteiger partial charge in [0.15, 0.2) is 0 Å². The summed E-state index contributed by atoms with van der Waals surface area (Å²) < 4.78 is 0. The van der Waals surface area contributed by atoms with E-state index in [1.165, 1.54) is 0 Å². The van der Waals surface area contributed by atoms with Gasteiger partial charge in [-0.2, -0.15) is 0 Å². The maximum atomic E-state index is 11.8. The van der Waals surface area contributed by atoms with E-state index in [1.54, 1.807) is 12.3 Å². The molecule has 0 radical (unpaired) electrons. The number of rotatable bonds is 7. The molecule has 1 aromatic rings. The van der Waals surface area contributed by atoms with Gasteiger partial charge in [0, 0.05) is 31.9 Å². The van der Waals surface area contributed by atoms with Crippen LogP contribution >= 0.6 is 0 Å². The van der Waals surface area contributed by atoms with Gasteiger partial charge in [-0.3, -0.25) is 9.78 Å².